The molecule has 0 bridgehead atoms. The maximum absolute atomic E-state index is 11.3. The second-order valence-corrected chi connectivity index (χ2v) is 4.53. The Morgan fingerprint density at radius 3 is 2.81 bits per heavy atom. The maximum Gasteiger partial charge on any atom is 0.355 e. The first-order valence-electron chi connectivity index (χ1n) is 5.35. The zero-order chi connectivity index (χ0) is 11.9. The number of nitrogens with zero attached hydrogens (tertiary/aromatic N) is 1. The van der Waals surface area contributed by atoms with Crippen molar-refractivity contribution in [3.8, 4) is 0 Å². The molecule has 0 aromatic carbocycles. The van der Waals surface area contributed by atoms with Crippen molar-refractivity contribution in [1.82, 2.24) is 9.97 Å². The van der Waals surface area contributed by atoms with Crippen LogP contribution in [-0.2, 0) is 6.42 Å². The van der Waals surface area contributed by atoms with Crippen LogP contribution in [0, 0.1) is 5.92 Å². The lowest BCUT2D eigenvalue weighted by atomic mass is 9.80. The number of aromatic nitrogens is 2. The van der Waals surface area contributed by atoms with Gasteiger partial charge in [0.05, 0.1) is 0 Å². The summed E-state index contributed by atoms with van der Waals surface area (Å²) in [4.78, 5) is 28.5. The fraction of sp³-hybridized carbons (Fsp3) is 0.545. The predicted octanol–water partition coefficient (Wildman–Crippen LogP) is 1.15. The first kappa shape index (κ1) is 10.9. The Morgan fingerprint density at radius 1 is 1.50 bits per heavy atom. The Morgan fingerprint density at radius 2 is 2.19 bits per heavy atom. The molecule has 1 aromatic rings. The van der Waals surface area contributed by atoms with Crippen LogP contribution in [0.25, 0.3) is 0 Å². The molecule has 0 saturated heterocycles. The van der Waals surface area contributed by atoms with Crippen LogP contribution in [0.5, 0.6) is 0 Å². The first-order chi connectivity index (χ1) is 7.49. The lowest BCUT2D eigenvalue weighted by molar-refractivity contribution is 0.0687. The van der Waals surface area contributed by atoms with Crippen molar-refractivity contribution in [2.45, 2.75) is 32.6 Å². The number of hydrogen-bond acceptors (Lipinski definition) is 3. The minimum absolute atomic E-state index is 0.0850. The molecule has 2 unspecified atom stereocenters. The molecule has 2 rings (SSSR count). The van der Waals surface area contributed by atoms with E-state index in [1.165, 1.54) is 0 Å². The van der Waals surface area contributed by atoms with Gasteiger partial charge in [0.1, 0.15) is 0 Å². The van der Waals surface area contributed by atoms with Gasteiger partial charge in [0.25, 0.3) is 0 Å². The molecule has 1 aromatic heterocycles. The number of hydrogen-bond donors (Lipinski definition) is 2. The van der Waals surface area contributed by atoms with Gasteiger partial charge in [0.2, 0.25) is 0 Å². The van der Waals surface area contributed by atoms with Crippen LogP contribution in [0.15, 0.2) is 4.79 Å². The molecule has 0 saturated carbocycles. The third kappa shape index (κ3) is 1.73. The smallest absolute Gasteiger partial charge is 0.355 e. The summed E-state index contributed by atoms with van der Waals surface area (Å²) >= 11 is 0. The molecule has 2 N–H and O–H groups in total. The minimum Gasteiger partial charge on any atom is -0.476 e. The predicted molar refractivity (Wildman–Crippen MR) is 57.7 cm³/mol. The number of aromatic amines is 1. The quantitative estimate of drug-likeness (QED) is 0.746. The molecule has 1 heterocycles. The van der Waals surface area contributed by atoms with Crippen molar-refractivity contribution in [2.75, 3.05) is 0 Å². The molecular formula is C11H14N2O3. The normalized spacial score (nSPS) is 23.9. The van der Waals surface area contributed by atoms with Crippen LogP contribution in [-0.4, -0.2) is 21.0 Å². The van der Waals surface area contributed by atoms with Crippen LogP contribution in [0.2, 0.25) is 0 Å². The standard InChI is InChI=1S/C11H14N2O3/c1-5-3-6(2)8-7(4-5)12-11(16)13-9(8)10(14)15/h5-6H,3-4H2,1-2H3,(H,14,15)(H,12,13,16). The Bertz CT molecular complexity index is 492. The van der Waals surface area contributed by atoms with E-state index in [2.05, 4.69) is 16.9 Å². The molecule has 5 heteroatoms. The average molecular weight is 222 g/mol. The number of H-pyrrole nitrogens is 1. The van der Waals surface area contributed by atoms with Crippen LogP contribution in [0.3, 0.4) is 0 Å². The minimum atomic E-state index is -1.12. The summed E-state index contributed by atoms with van der Waals surface area (Å²) in [6, 6.07) is 0. The zero-order valence-corrected chi connectivity index (χ0v) is 9.28. The summed E-state index contributed by atoms with van der Waals surface area (Å²) in [5, 5.41) is 9.03. The Labute approximate surface area is 92.5 Å². The van der Waals surface area contributed by atoms with Gasteiger partial charge in [0, 0.05) is 11.3 Å². The molecule has 0 spiro atoms. The Kier molecular flexibility index (Phi) is 2.53. The topological polar surface area (TPSA) is 83.0 Å². The average Bonchev–Trinajstić information content (AvgIpc) is 2.14. The second-order valence-electron chi connectivity index (χ2n) is 4.53. The van der Waals surface area contributed by atoms with E-state index in [9.17, 15) is 9.59 Å². The monoisotopic (exact) mass is 222 g/mol. The van der Waals surface area contributed by atoms with E-state index >= 15 is 0 Å². The summed E-state index contributed by atoms with van der Waals surface area (Å²) in [5.74, 6) is -0.528. The van der Waals surface area contributed by atoms with Crippen LogP contribution in [0.4, 0.5) is 0 Å². The van der Waals surface area contributed by atoms with Crippen molar-refractivity contribution in [2.24, 2.45) is 5.92 Å². The van der Waals surface area contributed by atoms with E-state index in [0.717, 1.165) is 18.5 Å². The molecular weight excluding hydrogens is 208 g/mol. The summed E-state index contributed by atoms with van der Waals surface area (Å²) in [5.41, 5.74) is 0.782. The van der Waals surface area contributed by atoms with Crippen molar-refractivity contribution >= 4 is 5.97 Å². The van der Waals surface area contributed by atoms with Gasteiger partial charge in [-0.15, -0.1) is 0 Å². The maximum atomic E-state index is 11.3. The number of carboxylic acid groups (broad SMARTS) is 1. The molecule has 0 aliphatic heterocycles. The summed E-state index contributed by atoms with van der Waals surface area (Å²) in [6.07, 6.45) is 1.65. The van der Waals surface area contributed by atoms with Crippen molar-refractivity contribution in [3.05, 3.63) is 27.4 Å². The largest absolute Gasteiger partial charge is 0.476 e. The highest BCUT2D eigenvalue weighted by Crippen LogP contribution is 2.34. The lowest BCUT2D eigenvalue weighted by Crippen LogP contribution is -2.27. The number of rotatable bonds is 1. The summed E-state index contributed by atoms with van der Waals surface area (Å²) < 4.78 is 0. The van der Waals surface area contributed by atoms with Gasteiger partial charge in [-0.2, -0.15) is 4.98 Å². The summed E-state index contributed by atoms with van der Waals surface area (Å²) in [6.45, 7) is 4.07. The molecule has 0 fully saturated rings. The van der Waals surface area contributed by atoms with Crippen LogP contribution >= 0.6 is 0 Å². The van der Waals surface area contributed by atoms with Crippen LogP contribution < -0.4 is 5.69 Å². The van der Waals surface area contributed by atoms with E-state index in [1.807, 2.05) is 6.92 Å². The van der Waals surface area contributed by atoms with Gasteiger partial charge in [-0.1, -0.05) is 13.8 Å². The van der Waals surface area contributed by atoms with E-state index in [1.54, 1.807) is 0 Å². The fourth-order valence-electron chi connectivity index (χ4n) is 2.54. The SMILES string of the molecule is CC1Cc2[nH]c(=O)nc(C(=O)O)c2C(C)C1. The number of aromatic carboxylic acids is 1. The third-order valence-corrected chi connectivity index (χ3v) is 3.06. The van der Waals surface area contributed by atoms with E-state index in [0.29, 0.717) is 11.5 Å². The molecule has 2 atom stereocenters. The third-order valence-electron chi connectivity index (χ3n) is 3.06. The van der Waals surface area contributed by atoms with Gasteiger partial charge in [0.15, 0.2) is 5.69 Å². The highest BCUT2D eigenvalue weighted by molar-refractivity contribution is 5.87. The first-order valence-corrected chi connectivity index (χ1v) is 5.35. The number of fused-ring (bicyclic) bond motifs is 1. The van der Waals surface area contributed by atoms with Crippen molar-refractivity contribution < 1.29 is 9.90 Å². The molecule has 5 nitrogen and oxygen atoms in total. The highest BCUT2D eigenvalue weighted by atomic mass is 16.4. The molecule has 0 radical (unpaired) electrons. The zero-order valence-electron chi connectivity index (χ0n) is 9.28. The molecule has 0 amide bonds. The summed E-state index contributed by atoms with van der Waals surface area (Å²) in [7, 11) is 0. The highest BCUT2D eigenvalue weighted by Gasteiger charge is 2.28. The number of carbonyl (C=O) groups is 1. The van der Waals surface area contributed by atoms with Gasteiger partial charge < -0.3 is 10.1 Å². The van der Waals surface area contributed by atoms with Gasteiger partial charge in [-0.3, -0.25) is 0 Å². The molecule has 1 aliphatic rings. The molecule has 1 aliphatic carbocycles. The van der Waals surface area contributed by atoms with Gasteiger partial charge in [-0.05, 0) is 24.7 Å². The second kappa shape index (κ2) is 3.73. The van der Waals surface area contributed by atoms with Gasteiger partial charge in [-0.25, -0.2) is 9.59 Å². The molecule has 16 heavy (non-hydrogen) atoms. The van der Waals surface area contributed by atoms with Crippen molar-refractivity contribution in [3.63, 3.8) is 0 Å². The van der Waals surface area contributed by atoms with E-state index in [4.69, 9.17) is 5.11 Å². The van der Waals surface area contributed by atoms with E-state index in [-0.39, 0.29) is 11.6 Å². The van der Waals surface area contributed by atoms with E-state index < -0.39 is 11.7 Å². The number of carboxylic acids is 1. The molecule has 86 valence electrons. The fourth-order valence-corrected chi connectivity index (χ4v) is 2.54. The van der Waals surface area contributed by atoms with Gasteiger partial charge >= 0.3 is 11.7 Å². The Balaban J connectivity index is 2.66. The van der Waals surface area contributed by atoms with Crippen molar-refractivity contribution in [1.29, 1.82) is 0 Å². The van der Waals surface area contributed by atoms with Crippen LogP contribution in [0.1, 0.15) is 47.9 Å². The Hall–Kier alpha value is -1.65. The lowest BCUT2D eigenvalue weighted by Gasteiger charge is -2.27. The number of nitrogens with one attached hydrogen (secondary N) is 1.